The molecule has 2 aromatic heterocycles. The van der Waals surface area contributed by atoms with Crippen LogP contribution in [0.4, 0.5) is 0 Å². The molecule has 9 N–H and O–H groups in total. The van der Waals surface area contributed by atoms with Gasteiger partial charge in [-0.05, 0) is 42.0 Å². The SMILES string of the molecule is CC(C)CC(NC(=O)C(Cc1c[nH]c2ccccc12)NC(=O)C(Cc1c[nH]c2ccccc12)NC(=O)C(N)CCC(=O)O)C(=O)O. The van der Waals surface area contributed by atoms with Gasteiger partial charge in [0.2, 0.25) is 17.7 Å². The molecular weight excluding hydrogens is 592 g/mol. The van der Waals surface area contributed by atoms with Crippen LogP contribution in [0.3, 0.4) is 0 Å². The van der Waals surface area contributed by atoms with Crippen LogP contribution in [0.15, 0.2) is 60.9 Å². The maximum atomic E-state index is 14.0. The number of fused-ring (bicyclic) bond motifs is 2. The lowest BCUT2D eigenvalue weighted by molar-refractivity contribution is -0.143. The van der Waals surface area contributed by atoms with Gasteiger partial charge in [-0.25, -0.2) is 4.79 Å². The summed E-state index contributed by atoms with van der Waals surface area (Å²) in [6, 6.07) is 10.1. The summed E-state index contributed by atoms with van der Waals surface area (Å²) in [7, 11) is 0. The normalized spacial score (nSPS) is 14.0. The fourth-order valence-electron chi connectivity index (χ4n) is 5.39. The lowest BCUT2D eigenvalue weighted by Crippen LogP contribution is -2.58. The zero-order chi connectivity index (χ0) is 33.4. The highest BCUT2D eigenvalue weighted by atomic mass is 16.4. The first-order chi connectivity index (χ1) is 21.9. The molecule has 4 aromatic rings. The van der Waals surface area contributed by atoms with E-state index < -0.39 is 53.8 Å². The maximum Gasteiger partial charge on any atom is 0.326 e. The first-order valence-electron chi connectivity index (χ1n) is 15.1. The third kappa shape index (κ3) is 8.72. The number of rotatable bonds is 16. The van der Waals surface area contributed by atoms with Gasteiger partial charge in [0, 0.05) is 53.5 Å². The molecule has 0 saturated carbocycles. The van der Waals surface area contributed by atoms with E-state index in [9.17, 15) is 29.1 Å². The average Bonchev–Trinajstić information content (AvgIpc) is 3.62. The van der Waals surface area contributed by atoms with Crippen LogP contribution in [0.25, 0.3) is 21.8 Å². The fraction of sp³-hybridized carbons (Fsp3) is 0.364. The van der Waals surface area contributed by atoms with Crippen molar-refractivity contribution >= 4 is 51.5 Å². The van der Waals surface area contributed by atoms with E-state index >= 15 is 0 Å². The Balaban J connectivity index is 1.63. The number of amides is 3. The van der Waals surface area contributed by atoms with Crippen LogP contribution in [0.2, 0.25) is 0 Å². The number of benzene rings is 2. The van der Waals surface area contributed by atoms with Gasteiger partial charge >= 0.3 is 11.9 Å². The van der Waals surface area contributed by atoms with Crippen LogP contribution in [-0.2, 0) is 36.8 Å². The Morgan fingerprint density at radius 1 is 0.717 bits per heavy atom. The minimum Gasteiger partial charge on any atom is -0.481 e. The van der Waals surface area contributed by atoms with Crippen molar-refractivity contribution in [1.29, 1.82) is 0 Å². The summed E-state index contributed by atoms with van der Waals surface area (Å²) in [6.45, 7) is 3.68. The second kappa shape index (κ2) is 15.2. The molecule has 4 unspecified atom stereocenters. The van der Waals surface area contributed by atoms with Gasteiger partial charge < -0.3 is 41.9 Å². The number of carbonyl (C=O) groups excluding carboxylic acids is 3. The Morgan fingerprint density at radius 2 is 1.17 bits per heavy atom. The van der Waals surface area contributed by atoms with E-state index in [0.717, 1.165) is 32.9 Å². The molecule has 0 aliphatic heterocycles. The Bertz CT molecular complexity index is 1710. The fourth-order valence-corrected chi connectivity index (χ4v) is 5.39. The smallest absolute Gasteiger partial charge is 0.326 e. The number of hydrogen-bond acceptors (Lipinski definition) is 6. The van der Waals surface area contributed by atoms with Crippen molar-refractivity contribution in [2.24, 2.45) is 11.7 Å². The molecule has 0 radical (unpaired) electrons. The van der Waals surface area contributed by atoms with Crippen molar-refractivity contribution in [2.45, 2.75) is 70.1 Å². The van der Waals surface area contributed by atoms with Gasteiger partial charge in [0.15, 0.2) is 0 Å². The lowest BCUT2D eigenvalue weighted by atomic mass is 10.00. The molecule has 4 atom stereocenters. The average molecular weight is 633 g/mol. The number of aromatic nitrogens is 2. The number of H-pyrrole nitrogens is 2. The van der Waals surface area contributed by atoms with Gasteiger partial charge in [0.1, 0.15) is 18.1 Å². The molecule has 2 heterocycles. The number of nitrogens with one attached hydrogen (secondary N) is 5. The van der Waals surface area contributed by atoms with Crippen molar-refractivity contribution in [3.8, 4) is 0 Å². The van der Waals surface area contributed by atoms with E-state index in [0.29, 0.717) is 0 Å². The van der Waals surface area contributed by atoms with Crippen molar-refractivity contribution in [2.75, 3.05) is 0 Å². The predicted molar refractivity (Wildman–Crippen MR) is 172 cm³/mol. The van der Waals surface area contributed by atoms with E-state index in [1.807, 2.05) is 62.4 Å². The van der Waals surface area contributed by atoms with E-state index in [1.165, 1.54) is 0 Å². The Kier molecular flexibility index (Phi) is 11.2. The molecule has 13 heteroatoms. The van der Waals surface area contributed by atoms with E-state index in [2.05, 4.69) is 25.9 Å². The largest absolute Gasteiger partial charge is 0.481 e. The summed E-state index contributed by atoms with van der Waals surface area (Å²) >= 11 is 0. The number of aliphatic carboxylic acids is 2. The van der Waals surface area contributed by atoms with Gasteiger partial charge in [-0.3, -0.25) is 19.2 Å². The summed E-state index contributed by atoms with van der Waals surface area (Å²) in [4.78, 5) is 70.0. The molecule has 0 bridgehead atoms. The summed E-state index contributed by atoms with van der Waals surface area (Å²) in [5.41, 5.74) is 9.04. The van der Waals surface area contributed by atoms with E-state index in [-0.39, 0.29) is 38.0 Å². The quantitative estimate of drug-likeness (QED) is 0.0913. The second-order valence-corrected chi connectivity index (χ2v) is 11.8. The Morgan fingerprint density at radius 3 is 1.63 bits per heavy atom. The number of carboxylic acid groups (broad SMARTS) is 2. The minimum atomic E-state index is -1.20. The van der Waals surface area contributed by atoms with E-state index in [4.69, 9.17) is 10.8 Å². The van der Waals surface area contributed by atoms with Crippen molar-refractivity contribution in [1.82, 2.24) is 25.9 Å². The first kappa shape index (κ1) is 33.7. The lowest BCUT2D eigenvalue weighted by Gasteiger charge is -2.25. The number of nitrogens with two attached hydrogens (primary N) is 1. The van der Waals surface area contributed by atoms with Crippen LogP contribution in [0.1, 0.15) is 44.2 Å². The summed E-state index contributed by atoms with van der Waals surface area (Å²) < 4.78 is 0. The van der Waals surface area contributed by atoms with Gasteiger partial charge in [-0.2, -0.15) is 0 Å². The highest BCUT2D eigenvalue weighted by molar-refractivity contribution is 5.95. The van der Waals surface area contributed by atoms with Crippen LogP contribution in [-0.4, -0.2) is 74.0 Å². The van der Waals surface area contributed by atoms with Crippen molar-refractivity contribution < 1.29 is 34.2 Å². The molecule has 4 rings (SSSR count). The monoisotopic (exact) mass is 632 g/mol. The van der Waals surface area contributed by atoms with Crippen LogP contribution < -0.4 is 21.7 Å². The van der Waals surface area contributed by atoms with Crippen molar-refractivity contribution in [3.05, 3.63) is 72.1 Å². The zero-order valence-corrected chi connectivity index (χ0v) is 25.7. The van der Waals surface area contributed by atoms with Crippen LogP contribution >= 0.6 is 0 Å². The second-order valence-electron chi connectivity index (χ2n) is 11.8. The number of para-hydroxylation sites is 2. The van der Waals surface area contributed by atoms with Gasteiger partial charge in [-0.1, -0.05) is 50.2 Å². The predicted octanol–water partition coefficient (Wildman–Crippen LogP) is 2.21. The topological polar surface area (TPSA) is 219 Å². The van der Waals surface area contributed by atoms with E-state index in [1.54, 1.807) is 12.4 Å². The third-order valence-electron chi connectivity index (χ3n) is 7.79. The van der Waals surface area contributed by atoms with Crippen molar-refractivity contribution in [3.63, 3.8) is 0 Å². The molecule has 13 nitrogen and oxygen atoms in total. The molecule has 2 aromatic carbocycles. The summed E-state index contributed by atoms with van der Waals surface area (Å²) in [5.74, 6) is -4.44. The molecule has 46 heavy (non-hydrogen) atoms. The van der Waals surface area contributed by atoms with Gasteiger partial charge in [0.05, 0.1) is 6.04 Å². The highest BCUT2D eigenvalue weighted by Gasteiger charge is 2.32. The number of carboxylic acids is 2. The molecule has 0 fully saturated rings. The van der Waals surface area contributed by atoms with Gasteiger partial charge in [0.25, 0.3) is 0 Å². The standard InChI is InChI=1S/C33H40N6O7/c1-18(2)13-28(33(45)46)39-32(44)27(15-20-17-36-25-10-6-4-8-22(20)25)38-31(43)26(37-30(42)23(34)11-12-29(40)41)14-19-16-35-24-9-5-3-7-21(19)24/h3-10,16-18,23,26-28,35-36H,11-15,34H2,1-2H3,(H,37,42)(H,38,43)(H,39,44)(H,40,41)(H,45,46). The number of aromatic amines is 2. The summed E-state index contributed by atoms with van der Waals surface area (Å²) in [5, 5.41) is 28.4. The Labute approximate surface area is 265 Å². The Hall–Kier alpha value is -5.17. The molecule has 0 spiro atoms. The zero-order valence-electron chi connectivity index (χ0n) is 25.7. The van der Waals surface area contributed by atoms with Crippen LogP contribution in [0.5, 0.6) is 0 Å². The molecular formula is C33H40N6O7. The third-order valence-corrected chi connectivity index (χ3v) is 7.79. The van der Waals surface area contributed by atoms with Crippen LogP contribution in [0, 0.1) is 5.92 Å². The highest BCUT2D eigenvalue weighted by Crippen LogP contribution is 2.21. The number of carbonyl (C=O) groups is 5. The minimum absolute atomic E-state index is 0.0239. The molecule has 0 saturated heterocycles. The molecule has 244 valence electrons. The molecule has 0 aliphatic carbocycles. The number of hydrogen-bond donors (Lipinski definition) is 8. The van der Waals surface area contributed by atoms with Gasteiger partial charge in [-0.15, -0.1) is 0 Å². The molecule has 3 amide bonds. The summed E-state index contributed by atoms with van der Waals surface area (Å²) in [6.07, 6.45) is 3.22. The first-order valence-corrected chi connectivity index (χ1v) is 15.1. The molecule has 0 aliphatic rings. The maximum absolute atomic E-state index is 14.0.